The molecule has 0 saturated carbocycles. The highest BCUT2D eigenvalue weighted by atomic mass is 15.4. The Morgan fingerprint density at radius 1 is 1.00 bits per heavy atom. The summed E-state index contributed by atoms with van der Waals surface area (Å²) in [5, 5.41) is 7.33. The first-order chi connectivity index (χ1) is 11.8. The van der Waals surface area contributed by atoms with Crippen molar-refractivity contribution in [1.82, 2.24) is 9.91 Å². The van der Waals surface area contributed by atoms with Crippen molar-refractivity contribution in [3.05, 3.63) is 53.6 Å². The summed E-state index contributed by atoms with van der Waals surface area (Å²) in [6.07, 6.45) is 11.8. The Morgan fingerprint density at radius 3 is 2.38 bits per heavy atom. The number of nitrogens with zero attached hydrogens (tertiary/aromatic N) is 3. The van der Waals surface area contributed by atoms with E-state index >= 15 is 0 Å². The van der Waals surface area contributed by atoms with Crippen LogP contribution in [0.5, 0.6) is 0 Å². The third kappa shape index (κ3) is 4.08. The van der Waals surface area contributed by atoms with Gasteiger partial charge in [-0.1, -0.05) is 49.2 Å². The zero-order valence-electron chi connectivity index (χ0n) is 15.0. The molecule has 128 valence electrons. The quantitative estimate of drug-likeness (QED) is 0.813. The summed E-state index contributed by atoms with van der Waals surface area (Å²) in [5.41, 5.74) is 5.10. The molecule has 24 heavy (non-hydrogen) atoms. The van der Waals surface area contributed by atoms with Crippen molar-refractivity contribution in [3.8, 4) is 0 Å². The van der Waals surface area contributed by atoms with Crippen LogP contribution >= 0.6 is 0 Å². The topological polar surface area (TPSA) is 18.8 Å². The van der Waals surface area contributed by atoms with Crippen LogP contribution < -0.4 is 0 Å². The molecule has 0 radical (unpaired) electrons. The molecule has 1 aliphatic carbocycles. The van der Waals surface area contributed by atoms with E-state index in [4.69, 9.17) is 5.10 Å². The van der Waals surface area contributed by atoms with Gasteiger partial charge in [0, 0.05) is 38.5 Å². The van der Waals surface area contributed by atoms with Gasteiger partial charge in [-0.15, -0.1) is 0 Å². The van der Waals surface area contributed by atoms with Crippen LogP contribution in [-0.4, -0.2) is 42.8 Å². The summed E-state index contributed by atoms with van der Waals surface area (Å²) in [5.74, 6) is 0. The summed E-state index contributed by atoms with van der Waals surface area (Å²) in [6, 6.07) is 10.7. The van der Waals surface area contributed by atoms with Crippen LogP contribution in [0, 0.1) is 0 Å². The first-order valence-corrected chi connectivity index (χ1v) is 9.22. The third-order valence-electron chi connectivity index (χ3n) is 4.76. The van der Waals surface area contributed by atoms with Gasteiger partial charge < -0.3 is 4.90 Å². The van der Waals surface area contributed by atoms with Crippen LogP contribution in [-0.2, 0) is 0 Å². The predicted molar refractivity (Wildman–Crippen MR) is 103 cm³/mol. The number of rotatable bonds is 3. The fourth-order valence-corrected chi connectivity index (χ4v) is 3.59. The van der Waals surface area contributed by atoms with E-state index in [2.05, 4.69) is 66.5 Å². The minimum atomic E-state index is 1.06. The second-order valence-electron chi connectivity index (χ2n) is 6.88. The lowest BCUT2D eigenvalue weighted by atomic mass is 9.93. The van der Waals surface area contributed by atoms with Gasteiger partial charge in [-0.05, 0) is 37.3 Å². The average molecular weight is 323 g/mol. The Hall–Kier alpha value is -2.03. The summed E-state index contributed by atoms with van der Waals surface area (Å²) in [4.78, 5) is 2.24. The molecule has 0 amide bonds. The molecule has 1 fully saturated rings. The summed E-state index contributed by atoms with van der Waals surface area (Å²) in [6.45, 7) is 2.18. The molecule has 0 N–H and O–H groups in total. The Balaban J connectivity index is 2.00. The minimum Gasteiger partial charge on any atom is -0.377 e. The Kier molecular flexibility index (Phi) is 5.73. The summed E-state index contributed by atoms with van der Waals surface area (Å²) >= 11 is 0. The molecule has 1 saturated heterocycles. The van der Waals surface area contributed by atoms with Gasteiger partial charge >= 0.3 is 0 Å². The number of hydrazone groups is 1. The molecule has 1 aromatic carbocycles. The number of hydrogen-bond donors (Lipinski definition) is 0. The van der Waals surface area contributed by atoms with Crippen molar-refractivity contribution >= 4 is 11.4 Å². The molecule has 0 spiro atoms. The maximum atomic E-state index is 5.04. The molecule has 0 atom stereocenters. The molecule has 3 rings (SSSR count). The normalized spacial score (nSPS) is 22.4. The van der Waals surface area contributed by atoms with Crippen LogP contribution in [0.15, 0.2) is 53.2 Å². The summed E-state index contributed by atoms with van der Waals surface area (Å²) < 4.78 is 0. The highest BCUT2D eigenvalue weighted by Gasteiger charge is 2.19. The number of hydrogen-bond acceptors (Lipinski definition) is 3. The molecule has 1 heterocycles. The van der Waals surface area contributed by atoms with Crippen LogP contribution in [0.3, 0.4) is 0 Å². The van der Waals surface area contributed by atoms with E-state index < -0.39 is 0 Å². The fourth-order valence-electron chi connectivity index (χ4n) is 3.59. The van der Waals surface area contributed by atoms with Crippen LogP contribution in [0.2, 0.25) is 0 Å². The largest absolute Gasteiger partial charge is 0.377 e. The van der Waals surface area contributed by atoms with E-state index in [1.54, 1.807) is 0 Å². The fraction of sp³-hybridized carbons (Fsp3) is 0.476. The van der Waals surface area contributed by atoms with Crippen LogP contribution in [0.4, 0.5) is 0 Å². The van der Waals surface area contributed by atoms with E-state index in [0.717, 1.165) is 31.6 Å². The van der Waals surface area contributed by atoms with Gasteiger partial charge in [0.2, 0.25) is 0 Å². The SMILES string of the molecule is CN(C)C(=C1CCC=CC1=NN1CCCCCC1)c1ccccc1. The number of benzene rings is 1. The average Bonchev–Trinajstić information content (AvgIpc) is 2.86. The Bertz CT molecular complexity index is 618. The summed E-state index contributed by atoms with van der Waals surface area (Å²) in [7, 11) is 4.27. The molecule has 0 aromatic heterocycles. The molecular weight excluding hydrogens is 294 g/mol. The van der Waals surface area contributed by atoms with Crippen molar-refractivity contribution in [2.24, 2.45) is 5.10 Å². The maximum Gasteiger partial charge on any atom is 0.0881 e. The number of allylic oxidation sites excluding steroid dienone is 3. The zero-order valence-corrected chi connectivity index (χ0v) is 15.0. The molecule has 3 heteroatoms. The van der Waals surface area contributed by atoms with Crippen molar-refractivity contribution in [3.63, 3.8) is 0 Å². The molecular formula is C21H29N3. The first-order valence-electron chi connectivity index (χ1n) is 9.22. The molecule has 1 aromatic rings. The Labute approximate surface area is 146 Å². The van der Waals surface area contributed by atoms with Gasteiger partial charge in [0.05, 0.1) is 5.71 Å². The van der Waals surface area contributed by atoms with E-state index in [9.17, 15) is 0 Å². The van der Waals surface area contributed by atoms with Gasteiger partial charge in [0.15, 0.2) is 0 Å². The molecule has 0 unspecified atom stereocenters. The lowest BCUT2D eigenvalue weighted by Crippen LogP contribution is -2.23. The standard InChI is InChI=1S/C21H29N3/c1-23(2)21(18-12-6-5-7-13-18)19-14-8-9-15-20(19)22-24-16-10-3-4-11-17-24/h5-7,9,12-13,15H,3-4,8,10-11,14,16-17H2,1-2H3. The lowest BCUT2D eigenvalue weighted by Gasteiger charge is -2.26. The third-order valence-corrected chi connectivity index (χ3v) is 4.76. The second-order valence-corrected chi connectivity index (χ2v) is 6.88. The molecule has 1 aliphatic heterocycles. The van der Waals surface area contributed by atoms with Gasteiger partial charge in [-0.3, -0.25) is 5.01 Å². The van der Waals surface area contributed by atoms with Crippen molar-refractivity contribution in [2.45, 2.75) is 38.5 Å². The second kappa shape index (κ2) is 8.18. The lowest BCUT2D eigenvalue weighted by molar-refractivity contribution is 0.301. The molecule has 3 nitrogen and oxygen atoms in total. The van der Waals surface area contributed by atoms with Crippen molar-refractivity contribution in [2.75, 3.05) is 27.2 Å². The minimum absolute atomic E-state index is 1.06. The smallest absolute Gasteiger partial charge is 0.0881 e. The monoisotopic (exact) mass is 323 g/mol. The highest BCUT2D eigenvalue weighted by molar-refractivity contribution is 6.13. The molecule has 2 aliphatic rings. The van der Waals surface area contributed by atoms with E-state index in [-0.39, 0.29) is 0 Å². The maximum absolute atomic E-state index is 5.04. The van der Waals surface area contributed by atoms with Crippen LogP contribution in [0.25, 0.3) is 5.70 Å². The highest BCUT2D eigenvalue weighted by Crippen LogP contribution is 2.28. The zero-order chi connectivity index (χ0) is 16.8. The van der Waals surface area contributed by atoms with E-state index in [1.807, 2.05) is 0 Å². The predicted octanol–water partition coefficient (Wildman–Crippen LogP) is 4.54. The van der Waals surface area contributed by atoms with Gasteiger partial charge in [0.1, 0.15) is 0 Å². The Morgan fingerprint density at radius 2 is 1.71 bits per heavy atom. The first kappa shape index (κ1) is 16.8. The van der Waals surface area contributed by atoms with Crippen molar-refractivity contribution in [1.29, 1.82) is 0 Å². The van der Waals surface area contributed by atoms with Crippen molar-refractivity contribution < 1.29 is 0 Å². The van der Waals surface area contributed by atoms with Crippen LogP contribution in [0.1, 0.15) is 44.1 Å². The van der Waals surface area contributed by atoms with E-state index in [1.165, 1.54) is 42.5 Å². The molecule has 0 bridgehead atoms. The van der Waals surface area contributed by atoms with Gasteiger partial charge in [-0.2, -0.15) is 5.10 Å². The van der Waals surface area contributed by atoms with Gasteiger partial charge in [-0.25, -0.2) is 0 Å². The van der Waals surface area contributed by atoms with Gasteiger partial charge in [0.25, 0.3) is 0 Å². The van der Waals surface area contributed by atoms with E-state index in [0.29, 0.717) is 0 Å².